The summed E-state index contributed by atoms with van der Waals surface area (Å²) in [5.41, 5.74) is 2.79. The van der Waals surface area contributed by atoms with Gasteiger partial charge in [-0.1, -0.05) is 6.07 Å². The van der Waals surface area contributed by atoms with Gasteiger partial charge in [0, 0.05) is 7.05 Å². The zero-order valence-corrected chi connectivity index (χ0v) is 10.2. The van der Waals surface area contributed by atoms with Crippen LogP contribution >= 0.6 is 0 Å². The molecule has 0 amide bonds. The van der Waals surface area contributed by atoms with Crippen molar-refractivity contribution in [3.63, 3.8) is 0 Å². The van der Waals surface area contributed by atoms with Gasteiger partial charge >= 0.3 is 5.69 Å². The van der Waals surface area contributed by atoms with Crippen LogP contribution in [0.15, 0.2) is 24.5 Å². The Kier molecular flexibility index (Phi) is 3.57. The van der Waals surface area contributed by atoms with E-state index in [0.717, 1.165) is 0 Å². The second-order valence-corrected chi connectivity index (χ2v) is 3.79. The first-order valence-corrected chi connectivity index (χ1v) is 5.44. The number of rotatable bonds is 5. The summed E-state index contributed by atoms with van der Waals surface area (Å²) in [5.74, 6) is 5.80. The van der Waals surface area contributed by atoms with Gasteiger partial charge in [0.05, 0.1) is 11.5 Å². The van der Waals surface area contributed by atoms with Gasteiger partial charge < -0.3 is 10.7 Å². The number of aryl methyl sites for hydroxylation is 1. The summed E-state index contributed by atoms with van der Waals surface area (Å²) in [7, 11) is 1.75. The highest BCUT2D eigenvalue weighted by Gasteiger charge is 2.19. The van der Waals surface area contributed by atoms with Gasteiger partial charge in [0.15, 0.2) is 5.82 Å². The number of hydrazine groups is 1. The molecule has 0 atom stereocenters. The summed E-state index contributed by atoms with van der Waals surface area (Å²) in [4.78, 5) is 14.6. The summed E-state index contributed by atoms with van der Waals surface area (Å²) >= 11 is 0. The number of anilines is 2. The molecule has 0 aliphatic carbocycles. The molecule has 0 aliphatic rings. The number of hydrogen-bond acceptors (Lipinski definition) is 7. The van der Waals surface area contributed by atoms with Crippen molar-refractivity contribution >= 4 is 17.1 Å². The Balaban J connectivity index is 2.22. The fraction of sp³-hybridized carbons (Fsp3) is 0.200. The van der Waals surface area contributed by atoms with Crippen molar-refractivity contribution in [1.82, 2.24) is 14.8 Å². The SMILES string of the molecule is Cn1cnc(CNc2cccc(NN)c2[N+](=O)[O-])n1. The Hall–Kier alpha value is -2.68. The molecule has 1 aromatic carbocycles. The molecule has 0 spiro atoms. The number of benzene rings is 1. The van der Waals surface area contributed by atoms with Crippen LogP contribution in [0.5, 0.6) is 0 Å². The van der Waals surface area contributed by atoms with Crippen LogP contribution in [0.4, 0.5) is 17.1 Å². The van der Waals surface area contributed by atoms with E-state index >= 15 is 0 Å². The maximum atomic E-state index is 11.1. The van der Waals surface area contributed by atoms with Crippen molar-refractivity contribution in [3.8, 4) is 0 Å². The van der Waals surface area contributed by atoms with Crippen molar-refractivity contribution in [3.05, 3.63) is 40.5 Å². The number of nitrogens with two attached hydrogens (primary N) is 1. The highest BCUT2D eigenvalue weighted by Crippen LogP contribution is 2.32. The maximum Gasteiger partial charge on any atom is 0.316 e. The molecule has 2 aromatic rings. The molecule has 19 heavy (non-hydrogen) atoms. The van der Waals surface area contributed by atoms with E-state index in [0.29, 0.717) is 11.5 Å². The molecule has 0 saturated heterocycles. The van der Waals surface area contributed by atoms with E-state index in [1.54, 1.807) is 30.2 Å². The number of nitrogens with one attached hydrogen (secondary N) is 2. The smallest absolute Gasteiger partial charge is 0.316 e. The molecule has 0 fully saturated rings. The first-order valence-electron chi connectivity index (χ1n) is 5.44. The quantitative estimate of drug-likeness (QED) is 0.410. The predicted octanol–water partition coefficient (Wildman–Crippen LogP) is 0.621. The lowest BCUT2D eigenvalue weighted by Crippen LogP contribution is -2.11. The van der Waals surface area contributed by atoms with Gasteiger partial charge in [0.2, 0.25) is 0 Å². The molecule has 9 nitrogen and oxygen atoms in total. The Morgan fingerprint density at radius 2 is 2.21 bits per heavy atom. The number of nitrogen functional groups attached to an aromatic ring is 1. The fourth-order valence-electron chi connectivity index (χ4n) is 1.64. The summed E-state index contributed by atoms with van der Waals surface area (Å²) in [6, 6.07) is 4.79. The number of hydrogen-bond donors (Lipinski definition) is 3. The zero-order chi connectivity index (χ0) is 13.8. The molecular formula is C10H13N7O2. The van der Waals surface area contributed by atoms with E-state index in [-0.39, 0.29) is 17.9 Å². The molecule has 0 unspecified atom stereocenters. The lowest BCUT2D eigenvalue weighted by molar-refractivity contribution is -0.383. The molecular weight excluding hydrogens is 250 g/mol. The fourth-order valence-corrected chi connectivity index (χ4v) is 1.64. The van der Waals surface area contributed by atoms with Crippen molar-refractivity contribution in [2.24, 2.45) is 12.9 Å². The minimum absolute atomic E-state index is 0.110. The maximum absolute atomic E-state index is 11.1. The molecule has 100 valence electrons. The van der Waals surface area contributed by atoms with Crippen LogP contribution in [0.25, 0.3) is 0 Å². The largest absolute Gasteiger partial charge is 0.372 e. The van der Waals surface area contributed by atoms with Gasteiger partial charge in [0.25, 0.3) is 0 Å². The van der Waals surface area contributed by atoms with Gasteiger partial charge in [-0.05, 0) is 12.1 Å². The van der Waals surface area contributed by atoms with Gasteiger partial charge in [0.1, 0.15) is 17.7 Å². The predicted molar refractivity (Wildman–Crippen MR) is 69.2 cm³/mol. The van der Waals surface area contributed by atoms with Crippen molar-refractivity contribution in [2.45, 2.75) is 6.54 Å². The van der Waals surface area contributed by atoms with Gasteiger partial charge in [-0.2, -0.15) is 5.10 Å². The Labute approximate surface area is 108 Å². The molecule has 0 bridgehead atoms. The van der Waals surface area contributed by atoms with Crippen LogP contribution in [-0.2, 0) is 13.6 Å². The second-order valence-electron chi connectivity index (χ2n) is 3.79. The Morgan fingerprint density at radius 1 is 1.47 bits per heavy atom. The number of nitrogens with zero attached hydrogens (tertiary/aromatic N) is 4. The monoisotopic (exact) mass is 263 g/mol. The first-order chi connectivity index (χ1) is 9.11. The standard InChI is InChI=1S/C10H13N7O2/c1-16-6-13-9(15-16)5-12-7-3-2-4-8(14-11)10(7)17(18)19/h2-4,6,12,14H,5,11H2,1H3. The Bertz CT molecular complexity index is 595. The molecule has 0 aliphatic heterocycles. The van der Waals surface area contributed by atoms with Crippen molar-refractivity contribution < 1.29 is 4.92 Å². The third kappa shape index (κ3) is 2.77. The third-order valence-corrected chi connectivity index (χ3v) is 2.46. The van der Waals surface area contributed by atoms with E-state index in [2.05, 4.69) is 20.8 Å². The van der Waals surface area contributed by atoms with Gasteiger partial charge in [-0.25, -0.2) is 4.98 Å². The summed E-state index contributed by atoms with van der Waals surface area (Å²) in [6.07, 6.45) is 1.56. The first kappa shape index (κ1) is 12.8. The summed E-state index contributed by atoms with van der Waals surface area (Å²) in [5, 5.41) is 18.1. The molecule has 4 N–H and O–H groups in total. The zero-order valence-electron chi connectivity index (χ0n) is 10.2. The van der Waals surface area contributed by atoms with Crippen molar-refractivity contribution in [2.75, 3.05) is 10.7 Å². The Morgan fingerprint density at radius 3 is 2.79 bits per heavy atom. The van der Waals surface area contributed by atoms with E-state index in [1.165, 1.54) is 6.07 Å². The van der Waals surface area contributed by atoms with Crippen LogP contribution in [-0.4, -0.2) is 19.7 Å². The summed E-state index contributed by atoms with van der Waals surface area (Å²) < 4.78 is 1.56. The van der Waals surface area contributed by atoms with Crippen LogP contribution < -0.4 is 16.6 Å². The van der Waals surface area contributed by atoms with Gasteiger partial charge in [-0.15, -0.1) is 0 Å². The molecule has 1 aromatic heterocycles. The third-order valence-electron chi connectivity index (χ3n) is 2.46. The van der Waals surface area contributed by atoms with Crippen LogP contribution in [0, 0.1) is 10.1 Å². The molecule has 2 rings (SSSR count). The van der Waals surface area contributed by atoms with Crippen LogP contribution in [0.2, 0.25) is 0 Å². The van der Waals surface area contributed by atoms with Gasteiger partial charge in [-0.3, -0.25) is 20.6 Å². The molecule has 0 saturated carbocycles. The highest BCUT2D eigenvalue weighted by atomic mass is 16.6. The molecule has 9 heteroatoms. The normalized spacial score (nSPS) is 10.2. The summed E-state index contributed by atoms with van der Waals surface area (Å²) in [6.45, 7) is 0.287. The van der Waals surface area contributed by atoms with Crippen molar-refractivity contribution in [1.29, 1.82) is 0 Å². The average Bonchev–Trinajstić information content (AvgIpc) is 2.81. The molecule has 1 heterocycles. The number of aromatic nitrogens is 3. The van der Waals surface area contributed by atoms with E-state index in [4.69, 9.17) is 5.84 Å². The number of para-hydroxylation sites is 1. The number of nitro benzene ring substituents is 1. The lowest BCUT2D eigenvalue weighted by atomic mass is 10.2. The van der Waals surface area contributed by atoms with Crippen LogP contribution in [0.1, 0.15) is 5.82 Å². The average molecular weight is 263 g/mol. The second kappa shape index (κ2) is 5.31. The lowest BCUT2D eigenvalue weighted by Gasteiger charge is -2.08. The van der Waals surface area contributed by atoms with Crippen LogP contribution in [0.3, 0.4) is 0 Å². The van der Waals surface area contributed by atoms with E-state index in [1.807, 2.05) is 0 Å². The molecule has 0 radical (unpaired) electrons. The highest BCUT2D eigenvalue weighted by molar-refractivity contribution is 5.75. The number of nitro groups is 1. The van der Waals surface area contributed by atoms with E-state index < -0.39 is 4.92 Å². The topological polar surface area (TPSA) is 124 Å². The minimum atomic E-state index is -0.497. The minimum Gasteiger partial charge on any atom is -0.372 e. The van der Waals surface area contributed by atoms with E-state index in [9.17, 15) is 10.1 Å².